The van der Waals surface area contributed by atoms with Crippen LogP contribution in [0, 0.1) is 10.1 Å². The number of nitrogens with two attached hydrogens (primary N) is 1. The Morgan fingerprint density at radius 3 is 2.90 bits per heavy atom. The first kappa shape index (κ1) is 18.8. The molecule has 2 aromatic heterocycles. The molecule has 0 unspecified atom stereocenters. The maximum atomic E-state index is 12.2. The maximum Gasteiger partial charge on any atom is 0.271 e. The molecule has 0 aliphatic carbocycles. The fourth-order valence-corrected chi connectivity index (χ4v) is 4.23. The van der Waals surface area contributed by atoms with E-state index in [9.17, 15) is 14.9 Å². The molecule has 0 bridgehead atoms. The Kier molecular flexibility index (Phi) is 5.10. The van der Waals surface area contributed by atoms with Crippen molar-refractivity contribution in [1.29, 1.82) is 0 Å². The Labute approximate surface area is 171 Å². The van der Waals surface area contributed by atoms with Crippen molar-refractivity contribution in [2.75, 3.05) is 16.8 Å². The number of hydrogen-bond acceptors (Lipinski definition) is 9. The van der Waals surface area contributed by atoms with Gasteiger partial charge in [-0.3, -0.25) is 20.2 Å². The molecule has 12 heteroatoms. The number of fused-ring (bicyclic) bond motifs is 1. The number of nitro groups is 1. The third kappa shape index (κ3) is 4.17. The number of H-pyrrole nitrogens is 1. The first-order chi connectivity index (χ1) is 14.0. The van der Waals surface area contributed by atoms with Crippen molar-refractivity contribution in [3.05, 3.63) is 52.6 Å². The van der Waals surface area contributed by atoms with E-state index in [1.807, 2.05) is 18.2 Å². The van der Waals surface area contributed by atoms with Crippen LogP contribution in [0.2, 0.25) is 0 Å². The molecule has 0 aliphatic rings. The first-order valence-corrected chi connectivity index (χ1v) is 10.0. The standard InChI is InChI=1S/C17H13N7O3S2/c18-11-4-2-1-3-10(11)15-22-23-17(29-15)28-8-14(25)21-16-19-12-6-5-9(24(26)27)7-13(12)20-16/h1-7H,8,18H2,(H2,19,20,21,25). The van der Waals surface area contributed by atoms with Gasteiger partial charge in [0.1, 0.15) is 0 Å². The summed E-state index contributed by atoms with van der Waals surface area (Å²) in [5, 5.41) is 22.4. The number of para-hydroxylation sites is 1. The van der Waals surface area contributed by atoms with Crippen LogP contribution in [0.15, 0.2) is 46.8 Å². The summed E-state index contributed by atoms with van der Waals surface area (Å²) < 4.78 is 0.638. The van der Waals surface area contributed by atoms with E-state index in [0.29, 0.717) is 26.1 Å². The number of aromatic amines is 1. The molecule has 4 aromatic rings. The van der Waals surface area contributed by atoms with Crippen LogP contribution >= 0.6 is 23.1 Å². The Morgan fingerprint density at radius 1 is 1.28 bits per heavy atom. The van der Waals surface area contributed by atoms with E-state index in [-0.39, 0.29) is 23.3 Å². The van der Waals surface area contributed by atoms with Gasteiger partial charge in [0.05, 0.1) is 21.7 Å². The zero-order valence-electron chi connectivity index (χ0n) is 14.7. The normalized spacial score (nSPS) is 10.9. The number of amides is 1. The number of nitrogens with one attached hydrogen (secondary N) is 2. The number of rotatable bonds is 6. The van der Waals surface area contributed by atoms with Gasteiger partial charge in [-0.05, 0) is 18.2 Å². The Hall–Kier alpha value is -3.51. The van der Waals surface area contributed by atoms with Crippen molar-refractivity contribution in [3.8, 4) is 10.6 Å². The van der Waals surface area contributed by atoms with Gasteiger partial charge in [0.15, 0.2) is 9.35 Å². The molecule has 2 heterocycles. The van der Waals surface area contributed by atoms with E-state index in [1.54, 1.807) is 6.07 Å². The van der Waals surface area contributed by atoms with Crippen LogP contribution in [0.25, 0.3) is 21.6 Å². The number of benzene rings is 2. The molecule has 2 aromatic carbocycles. The molecule has 0 spiro atoms. The van der Waals surface area contributed by atoms with Gasteiger partial charge < -0.3 is 10.7 Å². The molecule has 0 fully saturated rings. The van der Waals surface area contributed by atoms with E-state index in [2.05, 4.69) is 25.5 Å². The minimum atomic E-state index is -0.492. The molecule has 4 N–H and O–H groups in total. The highest BCUT2D eigenvalue weighted by Gasteiger charge is 2.14. The fraction of sp³-hybridized carbons (Fsp3) is 0.0588. The van der Waals surface area contributed by atoms with Gasteiger partial charge in [-0.2, -0.15) is 0 Å². The molecule has 0 atom stereocenters. The molecule has 0 aliphatic heterocycles. The van der Waals surface area contributed by atoms with E-state index in [1.165, 1.54) is 41.3 Å². The second-order valence-corrected chi connectivity index (χ2v) is 8.04. The summed E-state index contributed by atoms with van der Waals surface area (Å²) in [6.07, 6.45) is 0. The number of nitro benzene ring substituents is 1. The lowest BCUT2D eigenvalue weighted by Crippen LogP contribution is -2.14. The predicted molar refractivity (Wildman–Crippen MR) is 112 cm³/mol. The highest BCUT2D eigenvalue weighted by Crippen LogP contribution is 2.32. The third-order valence-corrected chi connectivity index (χ3v) is 5.95. The van der Waals surface area contributed by atoms with E-state index < -0.39 is 4.92 Å². The van der Waals surface area contributed by atoms with Crippen LogP contribution in [0.4, 0.5) is 17.3 Å². The summed E-state index contributed by atoms with van der Waals surface area (Å²) in [5.74, 6) is 0.0384. The fourth-order valence-electron chi connectivity index (χ4n) is 2.53. The molecule has 0 radical (unpaired) electrons. The highest BCUT2D eigenvalue weighted by atomic mass is 32.2. The smallest absolute Gasteiger partial charge is 0.271 e. The molecule has 29 heavy (non-hydrogen) atoms. The van der Waals surface area contributed by atoms with Gasteiger partial charge in [0, 0.05) is 23.4 Å². The SMILES string of the molecule is Nc1ccccc1-c1nnc(SCC(=O)Nc2nc3ccc([N+](=O)[O-])cc3[nH]2)s1. The predicted octanol–water partition coefficient (Wildman–Crippen LogP) is 3.30. The average molecular weight is 427 g/mol. The number of imidazole rings is 1. The number of hydrogen-bond donors (Lipinski definition) is 3. The van der Waals surface area contributed by atoms with E-state index in [4.69, 9.17) is 5.73 Å². The van der Waals surface area contributed by atoms with Gasteiger partial charge in [-0.25, -0.2) is 4.98 Å². The maximum absolute atomic E-state index is 12.2. The minimum Gasteiger partial charge on any atom is -0.398 e. The van der Waals surface area contributed by atoms with Crippen LogP contribution in [-0.4, -0.2) is 36.7 Å². The monoisotopic (exact) mass is 427 g/mol. The number of nitrogen functional groups attached to an aromatic ring is 1. The Balaban J connectivity index is 1.39. The summed E-state index contributed by atoms with van der Waals surface area (Å²) in [4.78, 5) is 29.6. The number of non-ortho nitro benzene ring substituents is 1. The number of carbonyl (C=O) groups is 1. The number of aromatic nitrogens is 4. The van der Waals surface area contributed by atoms with Crippen molar-refractivity contribution in [2.24, 2.45) is 0 Å². The Bertz CT molecular complexity index is 1220. The third-order valence-electron chi connectivity index (χ3n) is 3.86. The highest BCUT2D eigenvalue weighted by molar-refractivity contribution is 8.01. The summed E-state index contributed by atoms with van der Waals surface area (Å²) in [6, 6.07) is 11.6. The van der Waals surface area contributed by atoms with Crippen LogP contribution in [0.3, 0.4) is 0 Å². The minimum absolute atomic E-state index is 0.0549. The van der Waals surface area contributed by atoms with Gasteiger partial charge in [-0.1, -0.05) is 35.2 Å². The molecule has 1 amide bonds. The van der Waals surface area contributed by atoms with Gasteiger partial charge in [0.25, 0.3) is 5.69 Å². The lowest BCUT2D eigenvalue weighted by molar-refractivity contribution is -0.384. The molecule has 0 saturated heterocycles. The lowest BCUT2D eigenvalue weighted by Gasteiger charge is -2.00. The van der Waals surface area contributed by atoms with Crippen LogP contribution in [0.1, 0.15) is 0 Å². The number of anilines is 2. The van der Waals surface area contributed by atoms with Gasteiger partial charge in [-0.15, -0.1) is 10.2 Å². The second kappa shape index (κ2) is 7.85. The van der Waals surface area contributed by atoms with Crippen LogP contribution < -0.4 is 11.1 Å². The summed E-state index contributed by atoms with van der Waals surface area (Å²) >= 11 is 2.59. The largest absolute Gasteiger partial charge is 0.398 e. The van der Waals surface area contributed by atoms with Crippen molar-refractivity contribution in [1.82, 2.24) is 20.2 Å². The van der Waals surface area contributed by atoms with Crippen molar-refractivity contribution >= 4 is 57.4 Å². The molecular weight excluding hydrogens is 414 g/mol. The number of nitrogens with zero attached hydrogens (tertiary/aromatic N) is 4. The summed E-state index contributed by atoms with van der Waals surface area (Å²) in [5.41, 5.74) is 8.30. The first-order valence-electron chi connectivity index (χ1n) is 8.25. The average Bonchev–Trinajstić information content (AvgIpc) is 3.32. The van der Waals surface area contributed by atoms with Gasteiger partial charge >= 0.3 is 0 Å². The zero-order chi connectivity index (χ0) is 20.4. The zero-order valence-corrected chi connectivity index (χ0v) is 16.3. The molecule has 10 nitrogen and oxygen atoms in total. The van der Waals surface area contributed by atoms with E-state index in [0.717, 1.165) is 5.56 Å². The second-order valence-electron chi connectivity index (χ2n) is 5.84. The summed E-state index contributed by atoms with van der Waals surface area (Å²) in [6.45, 7) is 0. The molecular formula is C17H13N7O3S2. The molecule has 4 rings (SSSR count). The topological polar surface area (TPSA) is 153 Å². The summed E-state index contributed by atoms with van der Waals surface area (Å²) in [7, 11) is 0. The molecule has 0 saturated carbocycles. The van der Waals surface area contributed by atoms with Crippen LogP contribution in [-0.2, 0) is 4.79 Å². The van der Waals surface area contributed by atoms with E-state index >= 15 is 0 Å². The van der Waals surface area contributed by atoms with Crippen molar-refractivity contribution < 1.29 is 9.72 Å². The van der Waals surface area contributed by atoms with Crippen LogP contribution in [0.5, 0.6) is 0 Å². The van der Waals surface area contributed by atoms with Crippen molar-refractivity contribution in [2.45, 2.75) is 4.34 Å². The van der Waals surface area contributed by atoms with Gasteiger partial charge in [0.2, 0.25) is 11.9 Å². The Morgan fingerprint density at radius 2 is 2.10 bits per heavy atom. The number of thioether (sulfide) groups is 1. The molecule has 146 valence electrons. The number of carbonyl (C=O) groups excluding carboxylic acids is 1. The van der Waals surface area contributed by atoms with Crippen molar-refractivity contribution in [3.63, 3.8) is 0 Å². The lowest BCUT2D eigenvalue weighted by atomic mass is 10.2. The quantitative estimate of drug-likeness (QED) is 0.183.